The van der Waals surface area contributed by atoms with Gasteiger partial charge in [-0.05, 0) is 17.5 Å². The van der Waals surface area contributed by atoms with Gasteiger partial charge in [-0.1, -0.05) is 54.6 Å². The van der Waals surface area contributed by atoms with Gasteiger partial charge >= 0.3 is 0 Å². The zero-order valence-corrected chi connectivity index (χ0v) is 14.8. The number of rotatable bonds is 4. The molecule has 0 radical (unpaired) electrons. The van der Waals surface area contributed by atoms with Gasteiger partial charge in [-0.3, -0.25) is 9.59 Å². The Morgan fingerprint density at radius 3 is 2.42 bits per heavy atom. The van der Waals surface area contributed by atoms with Crippen molar-refractivity contribution < 1.29 is 14.3 Å². The molecular weight excluding hydrogens is 326 g/mol. The van der Waals surface area contributed by atoms with Crippen molar-refractivity contribution >= 4 is 11.7 Å². The zero-order valence-electron chi connectivity index (χ0n) is 14.8. The Hall–Kier alpha value is -2.46. The van der Waals surface area contributed by atoms with Gasteiger partial charge in [0.2, 0.25) is 5.91 Å². The average molecular weight is 349 g/mol. The Morgan fingerprint density at radius 2 is 1.65 bits per heavy atom. The van der Waals surface area contributed by atoms with E-state index < -0.39 is 0 Å². The highest BCUT2D eigenvalue weighted by atomic mass is 16.5. The summed E-state index contributed by atoms with van der Waals surface area (Å²) in [6, 6.07) is 17.5. The molecule has 1 heterocycles. The van der Waals surface area contributed by atoms with Gasteiger partial charge in [-0.25, -0.2) is 0 Å². The minimum Gasteiger partial charge on any atom is -0.378 e. The Morgan fingerprint density at radius 1 is 0.962 bits per heavy atom. The van der Waals surface area contributed by atoms with E-state index in [1.54, 1.807) is 0 Å². The minimum absolute atomic E-state index is 0.0470. The Labute approximate surface area is 153 Å². The lowest BCUT2D eigenvalue weighted by molar-refractivity contribution is -0.140. The number of hydrogen-bond donors (Lipinski definition) is 0. The van der Waals surface area contributed by atoms with Crippen LogP contribution in [0.2, 0.25) is 0 Å². The van der Waals surface area contributed by atoms with Crippen LogP contribution >= 0.6 is 0 Å². The largest absolute Gasteiger partial charge is 0.378 e. The maximum absolute atomic E-state index is 13.2. The molecule has 4 rings (SSSR count). The third-order valence-electron chi connectivity index (χ3n) is 5.52. The summed E-state index contributed by atoms with van der Waals surface area (Å²) in [7, 11) is 0. The highest BCUT2D eigenvalue weighted by Crippen LogP contribution is 2.41. The number of benzene rings is 2. The number of nitrogens with zero attached hydrogens (tertiary/aromatic N) is 1. The number of morpholine rings is 1. The monoisotopic (exact) mass is 349 g/mol. The summed E-state index contributed by atoms with van der Waals surface area (Å²) in [6.07, 6.45) is 1.10. The van der Waals surface area contributed by atoms with Crippen LogP contribution in [0.1, 0.15) is 33.8 Å². The zero-order chi connectivity index (χ0) is 17.9. The van der Waals surface area contributed by atoms with Crippen molar-refractivity contribution in [2.75, 3.05) is 26.3 Å². The van der Waals surface area contributed by atoms with Gasteiger partial charge < -0.3 is 9.64 Å². The molecule has 26 heavy (non-hydrogen) atoms. The number of fused-ring (bicyclic) bond motifs is 1. The number of hydrogen-bond acceptors (Lipinski definition) is 3. The molecule has 2 aromatic rings. The maximum Gasteiger partial charge on any atom is 0.226 e. The Bertz CT molecular complexity index is 796. The van der Waals surface area contributed by atoms with Crippen LogP contribution in [0.25, 0.3) is 0 Å². The lowest BCUT2D eigenvalue weighted by atomic mass is 9.85. The van der Waals surface area contributed by atoms with E-state index in [-0.39, 0.29) is 23.5 Å². The fourth-order valence-corrected chi connectivity index (χ4v) is 4.15. The predicted octanol–water partition coefficient (Wildman–Crippen LogP) is 3.07. The molecule has 134 valence electrons. The number of Topliss-reactive ketones (excluding diaryl/α,β-unsaturated/α-hetero) is 1. The molecule has 1 saturated heterocycles. The first kappa shape index (κ1) is 17.0. The van der Waals surface area contributed by atoms with E-state index in [2.05, 4.69) is 12.1 Å². The van der Waals surface area contributed by atoms with Gasteiger partial charge in [-0.2, -0.15) is 0 Å². The van der Waals surface area contributed by atoms with E-state index in [1.165, 1.54) is 5.56 Å². The molecule has 0 bridgehead atoms. The van der Waals surface area contributed by atoms with Crippen molar-refractivity contribution in [1.29, 1.82) is 0 Å². The fraction of sp³-hybridized carbons (Fsp3) is 0.364. The van der Waals surface area contributed by atoms with E-state index in [1.807, 2.05) is 47.4 Å². The highest BCUT2D eigenvalue weighted by molar-refractivity contribution is 5.97. The lowest BCUT2D eigenvalue weighted by Gasteiger charge is -2.31. The lowest BCUT2D eigenvalue weighted by Crippen LogP contribution is -2.44. The third kappa shape index (κ3) is 3.29. The van der Waals surface area contributed by atoms with Crippen LogP contribution in [0.3, 0.4) is 0 Å². The van der Waals surface area contributed by atoms with Gasteiger partial charge in [0, 0.05) is 36.9 Å². The number of ether oxygens (including phenoxy) is 1. The van der Waals surface area contributed by atoms with E-state index >= 15 is 0 Å². The van der Waals surface area contributed by atoms with Crippen LogP contribution in [-0.2, 0) is 16.0 Å². The molecule has 4 heteroatoms. The van der Waals surface area contributed by atoms with Crippen molar-refractivity contribution in [3.05, 3.63) is 71.3 Å². The van der Waals surface area contributed by atoms with Crippen LogP contribution < -0.4 is 0 Å². The Balaban J connectivity index is 1.59. The second-order valence-corrected chi connectivity index (χ2v) is 7.05. The van der Waals surface area contributed by atoms with Crippen LogP contribution in [0.4, 0.5) is 0 Å². The Kier molecular flexibility index (Phi) is 4.85. The quantitative estimate of drug-likeness (QED) is 0.797. The topological polar surface area (TPSA) is 46.6 Å². The molecule has 2 atom stereocenters. The van der Waals surface area contributed by atoms with E-state index in [4.69, 9.17) is 4.74 Å². The summed E-state index contributed by atoms with van der Waals surface area (Å²) in [5, 5.41) is 0. The smallest absolute Gasteiger partial charge is 0.226 e. The molecule has 0 saturated carbocycles. The normalized spacial score (nSPS) is 22.1. The molecule has 1 amide bonds. The van der Waals surface area contributed by atoms with E-state index in [0.29, 0.717) is 32.7 Å². The maximum atomic E-state index is 13.2. The minimum atomic E-state index is -0.154. The SMILES string of the molecule is O=C(C[C@@H]1c2ccccc2C[C@@H]1C(=O)N1CCOCC1)c1ccccc1. The average Bonchev–Trinajstić information content (AvgIpc) is 3.07. The summed E-state index contributed by atoms with van der Waals surface area (Å²) in [5.74, 6) is 0.0647. The molecule has 2 aliphatic rings. The van der Waals surface area contributed by atoms with Crippen LogP contribution in [0.5, 0.6) is 0 Å². The number of ketones is 1. The van der Waals surface area contributed by atoms with Gasteiger partial charge in [0.1, 0.15) is 0 Å². The fourth-order valence-electron chi connectivity index (χ4n) is 4.15. The summed E-state index contributed by atoms with van der Waals surface area (Å²) in [5.41, 5.74) is 3.07. The molecule has 0 unspecified atom stereocenters. The first-order valence-corrected chi connectivity index (χ1v) is 9.26. The second kappa shape index (κ2) is 7.42. The van der Waals surface area contributed by atoms with Crippen molar-refractivity contribution in [3.8, 4) is 0 Å². The molecule has 0 aromatic heterocycles. The molecule has 1 aliphatic carbocycles. The van der Waals surface area contributed by atoms with Crippen LogP contribution in [0, 0.1) is 5.92 Å². The molecule has 2 aromatic carbocycles. The summed E-state index contributed by atoms with van der Waals surface area (Å²) < 4.78 is 5.38. The summed E-state index contributed by atoms with van der Waals surface area (Å²) in [6.45, 7) is 2.48. The van der Waals surface area contributed by atoms with Crippen LogP contribution in [-0.4, -0.2) is 42.9 Å². The van der Waals surface area contributed by atoms with Gasteiger partial charge in [0.15, 0.2) is 5.78 Å². The number of carbonyl (C=O) groups is 2. The van der Waals surface area contributed by atoms with Gasteiger partial charge in [0.05, 0.1) is 13.2 Å². The van der Waals surface area contributed by atoms with E-state index in [9.17, 15) is 9.59 Å². The standard InChI is InChI=1S/C22H23NO3/c24-21(16-6-2-1-3-7-16)15-19-18-9-5-4-8-17(18)14-20(19)22(25)23-10-12-26-13-11-23/h1-9,19-20H,10-15H2/t19-,20+/m1/s1. The molecule has 4 nitrogen and oxygen atoms in total. The number of carbonyl (C=O) groups excluding carboxylic acids is 2. The summed E-state index contributed by atoms with van der Waals surface area (Å²) >= 11 is 0. The summed E-state index contributed by atoms with van der Waals surface area (Å²) in [4.78, 5) is 27.9. The first-order valence-electron chi connectivity index (χ1n) is 9.26. The molecule has 0 spiro atoms. The van der Waals surface area contributed by atoms with Crippen molar-refractivity contribution in [3.63, 3.8) is 0 Å². The van der Waals surface area contributed by atoms with Gasteiger partial charge in [0.25, 0.3) is 0 Å². The third-order valence-corrected chi connectivity index (χ3v) is 5.52. The molecular formula is C22H23NO3. The first-order chi connectivity index (χ1) is 12.7. The van der Waals surface area contributed by atoms with Crippen molar-refractivity contribution in [2.24, 2.45) is 5.92 Å². The van der Waals surface area contributed by atoms with Crippen LogP contribution in [0.15, 0.2) is 54.6 Å². The molecule has 1 aliphatic heterocycles. The second-order valence-electron chi connectivity index (χ2n) is 7.05. The molecule has 1 fully saturated rings. The van der Waals surface area contributed by atoms with Crippen molar-refractivity contribution in [2.45, 2.75) is 18.8 Å². The van der Waals surface area contributed by atoms with Gasteiger partial charge in [-0.15, -0.1) is 0 Å². The predicted molar refractivity (Wildman–Crippen MR) is 99.2 cm³/mol. The number of amides is 1. The molecule has 0 N–H and O–H groups in total. The van der Waals surface area contributed by atoms with Crippen molar-refractivity contribution in [1.82, 2.24) is 4.90 Å². The highest BCUT2D eigenvalue weighted by Gasteiger charge is 2.40. The van der Waals surface area contributed by atoms with E-state index in [0.717, 1.165) is 17.5 Å².